The van der Waals surface area contributed by atoms with Gasteiger partial charge in [-0.15, -0.1) is 0 Å². The number of pyridine rings is 1. The van der Waals surface area contributed by atoms with Crippen LogP contribution in [0.5, 0.6) is 0 Å². The van der Waals surface area contributed by atoms with Gasteiger partial charge >= 0.3 is 6.18 Å². The zero-order chi connectivity index (χ0) is 24.8. The Labute approximate surface area is 199 Å². The number of rotatable bonds is 4. The Hall–Kier alpha value is -3.11. The molecule has 2 aliphatic heterocycles. The molecule has 1 fully saturated rings. The minimum absolute atomic E-state index is 0.190. The van der Waals surface area contributed by atoms with Crippen LogP contribution >= 0.6 is 0 Å². The number of nitrogens with one attached hydrogen (secondary N) is 1. The van der Waals surface area contributed by atoms with E-state index in [4.69, 9.17) is 9.15 Å². The summed E-state index contributed by atoms with van der Waals surface area (Å²) in [7, 11) is 0. The summed E-state index contributed by atoms with van der Waals surface area (Å²) in [6.07, 6.45) is -1.59. The summed E-state index contributed by atoms with van der Waals surface area (Å²) < 4.78 is 50.6. The van der Waals surface area contributed by atoms with E-state index in [1.165, 1.54) is 6.20 Å². The number of aliphatic hydroxyl groups excluding tert-OH is 1. The molecule has 2 aliphatic rings. The van der Waals surface area contributed by atoms with E-state index in [0.717, 1.165) is 17.3 Å². The van der Waals surface area contributed by atoms with Crippen molar-refractivity contribution in [2.24, 2.45) is 0 Å². The van der Waals surface area contributed by atoms with E-state index in [1.54, 1.807) is 13.0 Å². The zero-order valence-electron chi connectivity index (χ0n) is 19.2. The monoisotopic (exact) mass is 489 g/mol. The standard InChI is InChI=1S/C25H26F3N3O4/c1-15-22(23(33)30-24(14-32)5-8-34-9-6-24)19-11-18(2-3-20(19)35-15)31-7-4-16-12-29-21(25(26,27)28)10-17(16)13-31/h2-3,10-12,32H,4-9,13-14H2,1H3,(H,30,33). The summed E-state index contributed by atoms with van der Waals surface area (Å²) in [6, 6.07) is 6.57. The van der Waals surface area contributed by atoms with Gasteiger partial charge in [0.15, 0.2) is 0 Å². The Bertz CT molecular complexity index is 1260. The van der Waals surface area contributed by atoms with Gasteiger partial charge in [0, 0.05) is 43.6 Å². The molecule has 7 nitrogen and oxygen atoms in total. The predicted molar refractivity (Wildman–Crippen MR) is 122 cm³/mol. The molecule has 2 N–H and O–H groups in total. The van der Waals surface area contributed by atoms with Crippen molar-refractivity contribution in [1.82, 2.24) is 10.3 Å². The Kier molecular flexibility index (Phi) is 5.96. The number of hydrogen-bond donors (Lipinski definition) is 2. The van der Waals surface area contributed by atoms with Crippen LogP contribution in [0.15, 0.2) is 34.9 Å². The maximum Gasteiger partial charge on any atom is 0.433 e. The summed E-state index contributed by atoms with van der Waals surface area (Å²) in [6.45, 7) is 3.35. The predicted octanol–water partition coefficient (Wildman–Crippen LogP) is 3.99. The van der Waals surface area contributed by atoms with Crippen molar-refractivity contribution < 1.29 is 32.2 Å². The molecule has 186 valence electrons. The Balaban J connectivity index is 1.44. The molecule has 0 spiro atoms. The lowest BCUT2D eigenvalue weighted by atomic mass is 9.90. The van der Waals surface area contributed by atoms with Crippen molar-refractivity contribution in [1.29, 1.82) is 0 Å². The number of fused-ring (bicyclic) bond motifs is 2. The highest BCUT2D eigenvalue weighted by molar-refractivity contribution is 6.08. The van der Waals surface area contributed by atoms with Crippen molar-refractivity contribution in [3.63, 3.8) is 0 Å². The van der Waals surface area contributed by atoms with E-state index < -0.39 is 17.4 Å². The van der Waals surface area contributed by atoms with Crippen LogP contribution in [-0.4, -0.2) is 47.9 Å². The number of aryl methyl sites for hydroxylation is 1. The molecule has 2 aromatic heterocycles. The SMILES string of the molecule is Cc1oc2ccc(N3CCc4cnc(C(F)(F)F)cc4C3)cc2c1C(=O)NC1(CO)CCOCC1. The van der Waals surface area contributed by atoms with Gasteiger partial charge in [-0.3, -0.25) is 9.78 Å². The van der Waals surface area contributed by atoms with Crippen LogP contribution in [0, 0.1) is 6.92 Å². The number of ether oxygens (including phenoxy) is 1. The lowest BCUT2D eigenvalue weighted by Crippen LogP contribution is -2.54. The lowest BCUT2D eigenvalue weighted by Gasteiger charge is -2.36. The van der Waals surface area contributed by atoms with Crippen LogP contribution in [-0.2, 0) is 23.9 Å². The maximum atomic E-state index is 13.3. The van der Waals surface area contributed by atoms with Crippen LogP contribution in [0.4, 0.5) is 18.9 Å². The van der Waals surface area contributed by atoms with E-state index in [9.17, 15) is 23.1 Å². The average Bonchev–Trinajstić information content (AvgIpc) is 3.18. The number of benzene rings is 1. The van der Waals surface area contributed by atoms with E-state index in [0.29, 0.717) is 73.4 Å². The average molecular weight is 489 g/mol. The third kappa shape index (κ3) is 4.48. The first kappa shape index (κ1) is 23.6. The van der Waals surface area contributed by atoms with Gasteiger partial charge in [-0.25, -0.2) is 0 Å². The number of alkyl halides is 3. The van der Waals surface area contributed by atoms with E-state index in [1.807, 2.05) is 17.0 Å². The van der Waals surface area contributed by atoms with E-state index in [2.05, 4.69) is 10.3 Å². The highest BCUT2D eigenvalue weighted by atomic mass is 19.4. The molecule has 35 heavy (non-hydrogen) atoms. The minimum Gasteiger partial charge on any atom is -0.461 e. The van der Waals surface area contributed by atoms with Gasteiger partial charge in [0.1, 0.15) is 17.0 Å². The van der Waals surface area contributed by atoms with Gasteiger partial charge in [0.2, 0.25) is 0 Å². The first-order chi connectivity index (χ1) is 16.7. The molecule has 0 atom stereocenters. The van der Waals surface area contributed by atoms with Crippen molar-refractivity contribution >= 4 is 22.6 Å². The fraction of sp³-hybridized carbons (Fsp3) is 0.440. The Morgan fingerprint density at radius 2 is 2.00 bits per heavy atom. The minimum atomic E-state index is -4.50. The fourth-order valence-electron chi connectivity index (χ4n) is 4.89. The molecule has 3 aromatic rings. The molecule has 1 aromatic carbocycles. The largest absolute Gasteiger partial charge is 0.461 e. The summed E-state index contributed by atoms with van der Waals surface area (Å²) in [5, 5.41) is 13.6. The summed E-state index contributed by atoms with van der Waals surface area (Å²) in [5.74, 6) is 0.124. The third-order valence-electron chi connectivity index (χ3n) is 6.96. The first-order valence-corrected chi connectivity index (χ1v) is 11.5. The van der Waals surface area contributed by atoms with Crippen LogP contribution in [0.2, 0.25) is 0 Å². The van der Waals surface area contributed by atoms with Crippen LogP contribution < -0.4 is 10.2 Å². The first-order valence-electron chi connectivity index (χ1n) is 11.5. The number of halogens is 3. The second-order valence-corrected chi connectivity index (χ2v) is 9.23. The van der Waals surface area contributed by atoms with Crippen LogP contribution in [0.25, 0.3) is 11.0 Å². The molecular formula is C25H26F3N3O4. The number of furan rings is 1. The number of aliphatic hydroxyl groups is 1. The van der Waals surface area contributed by atoms with Gasteiger partial charge in [0.05, 0.1) is 17.7 Å². The Morgan fingerprint density at radius 3 is 2.71 bits per heavy atom. The normalized spacial score (nSPS) is 17.9. The van der Waals surface area contributed by atoms with E-state index >= 15 is 0 Å². The number of hydrogen-bond acceptors (Lipinski definition) is 6. The molecule has 4 heterocycles. The third-order valence-corrected chi connectivity index (χ3v) is 6.96. The number of carbonyl (C=O) groups excluding carboxylic acids is 1. The molecule has 1 saturated heterocycles. The van der Waals surface area contributed by atoms with Crippen molar-refractivity contribution in [2.45, 2.75) is 44.4 Å². The highest BCUT2D eigenvalue weighted by Gasteiger charge is 2.36. The number of carbonyl (C=O) groups is 1. The molecule has 1 amide bonds. The topological polar surface area (TPSA) is 87.8 Å². The fourth-order valence-corrected chi connectivity index (χ4v) is 4.89. The Morgan fingerprint density at radius 1 is 1.23 bits per heavy atom. The second-order valence-electron chi connectivity index (χ2n) is 9.23. The van der Waals surface area contributed by atoms with E-state index in [-0.39, 0.29) is 12.5 Å². The molecular weight excluding hydrogens is 463 g/mol. The van der Waals surface area contributed by atoms with Crippen molar-refractivity contribution in [3.05, 3.63) is 58.6 Å². The lowest BCUT2D eigenvalue weighted by molar-refractivity contribution is -0.141. The second kappa shape index (κ2) is 8.83. The number of anilines is 1. The van der Waals surface area contributed by atoms with Crippen molar-refractivity contribution in [2.75, 3.05) is 31.3 Å². The van der Waals surface area contributed by atoms with Gasteiger partial charge in [0.25, 0.3) is 5.91 Å². The highest BCUT2D eigenvalue weighted by Crippen LogP contribution is 2.34. The molecule has 5 rings (SSSR count). The van der Waals surface area contributed by atoms with Crippen LogP contribution in [0.1, 0.15) is 45.8 Å². The summed E-state index contributed by atoms with van der Waals surface area (Å²) in [4.78, 5) is 18.9. The molecule has 0 radical (unpaired) electrons. The van der Waals surface area contributed by atoms with Crippen molar-refractivity contribution in [3.8, 4) is 0 Å². The molecule has 0 aliphatic carbocycles. The molecule has 0 unspecified atom stereocenters. The number of amides is 1. The molecule has 10 heteroatoms. The van der Waals surface area contributed by atoms with Crippen LogP contribution in [0.3, 0.4) is 0 Å². The summed E-state index contributed by atoms with van der Waals surface area (Å²) in [5.41, 5.74) is 1.47. The zero-order valence-corrected chi connectivity index (χ0v) is 19.2. The quantitative estimate of drug-likeness (QED) is 0.576. The maximum absolute atomic E-state index is 13.3. The van der Waals surface area contributed by atoms with Gasteiger partial charge in [-0.2, -0.15) is 13.2 Å². The smallest absolute Gasteiger partial charge is 0.433 e. The number of aromatic nitrogens is 1. The number of nitrogens with zero attached hydrogens (tertiary/aromatic N) is 2. The molecule has 0 bridgehead atoms. The van der Waals surface area contributed by atoms with Gasteiger partial charge < -0.3 is 24.5 Å². The summed E-state index contributed by atoms with van der Waals surface area (Å²) >= 11 is 0. The van der Waals surface area contributed by atoms with Gasteiger partial charge in [-0.1, -0.05) is 0 Å². The molecule has 0 saturated carbocycles. The van der Waals surface area contributed by atoms with Gasteiger partial charge in [-0.05, 0) is 61.6 Å².